The minimum absolute atomic E-state index is 0.0194. The summed E-state index contributed by atoms with van der Waals surface area (Å²) >= 11 is 5.97. The van der Waals surface area contributed by atoms with Crippen LogP contribution in [0.4, 0.5) is 14.9 Å². The van der Waals surface area contributed by atoms with Gasteiger partial charge in [0.1, 0.15) is 0 Å². The fourth-order valence-corrected chi connectivity index (χ4v) is 3.63. The number of hydrogen-bond donors (Lipinski definition) is 1. The first-order valence-electron chi connectivity index (χ1n) is 11.8. The summed E-state index contributed by atoms with van der Waals surface area (Å²) in [5.41, 5.74) is 1.10. The van der Waals surface area contributed by atoms with Crippen molar-refractivity contribution in [1.29, 1.82) is 0 Å². The van der Waals surface area contributed by atoms with Crippen molar-refractivity contribution < 1.29 is 28.2 Å². The normalized spacial score (nSPS) is 14.2. The molecule has 1 fully saturated rings. The lowest BCUT2D eigenvalue weighted by Crippen LogP contribution is -2.49. The van der Waals surface area contributed by atoms with E-state index in [0.29, 0.717) is 18.0 Å². The van der Waals surface area contributed by atoms with Gasteiger partial charge in [-0.1, -0.05) is 30.7 Å². The van der Waals surface area contributed by atoms with E-state index in [0.717, 1.165) is 29.7 Å². The van der Waals surface area contributed by atoms with Crippen molar-refractivity contribution in [2.75, 3.05) is 20.7 Å². The maximum atomic E-state index is 14.7. The molecule has 0 unspecified atom stereocenters. The van der Waals surface area contributed by atoms with E-state index in [4.69, 9.17) is 16.3 Å². The van der Waals surface area contributed by atoms with Gasteiger partial charge in [-0.15, -0.1) is 0 Å². The molecule has 1 N–H and O–H groups in total. The van der Waals surface area contributed by atoms with Gasteiger partial charge in [-0.25, -0.2) is 14.2 Å². The molecule has 0 spiro atoms. The molecule has 9 nitrogen and oxygen atoms in total. The number of benzene rings is 2. The average molecular weight is 533 g/mol. The van der Waals surface area contributed by atoms with E-state index >= 15 is 0 Å². The van der Waals surface area contributed by atoms with E-state index in [9.17, 15) is 18.8 Å². The van der Waals surface area contributed by atoms with Crippen molar-refractivity contribution in [2.45, 2.75) is 38.8 Å². The Bertz CT molecular complexity index is 1140. The first kappa shape index (κ1) is 27.9. The van der Waals surface area contributed by atoms with Crippen LogP contribution in [0.15, 0.2) is 47.5 Å². The molecule has 0 aliphatic heterocycles. The number of rotatable bonds is 9. The van der Waals surface area contributed by atoms with E-state index in [1.807, 2.05) is 12.1 Å². The monoisotopic (exact) mass is 532 g/mol. The standard InChI is InChI=1S/C26H30ClFN4O5/c1-17(24(34)36-3)14-32(16-33)26(35)30-25(31(2)15-18-7-9-19(27)10-8-18)29-20-11-12-23(22(28)13-20)37-21-5-4-6-21/h7-13,16-17,21H,4-6,14-15H2,1-3H3,(H,29,30,35)/t17-/m0/s1. The number of aliphatic imine (C=N–C) groups is 1. The number of carbonyl (C=O) groups excluding carboxylic acids is 3. The Morgan fingerprint density at radius 3 is 2.51 bits per heavy atom. The van der Waals surface area contributed by atoms with E-state index in [-0.39, 0.29) is 30.0 Å². The summed E-state index contributed by atoms with van der Waals surface area (Å²) in [6.45, 7) is 1.66. The Labute approximate surface area is 220 Å². The highest BCUT2D eigenvalue weighted by molar-refractivity contribution is 6.30. The van der Waals surface area contributed by atoms with Crippen LogP contribution in [0.3, 0.4) is 0 Å². The van der Waals surface area contributed by atoms with Gasteiger partial charge in [-0.2, -0.15) is 0 Å². The molecular formula is C26H30ClFN4O5. The number of halogens is 2. The first-order valence-corrected chi connectivity index (χ1v) is 12.2. The number of methoxy groups -OCH3 is 1. The summed E-state index contributed by atoms with van der Waals surface area (Å²) in [6.07, 6.45) is 3.19. The molecule has 0 heterocycles. The molecule has 1 aliphatic carbocycles. The van der Waals surface area contributed by atoms with Crippen LogP contribution in [0.5, 0.6) is 5.75 Å². The predicted octanol–water partition coefficient (Wildman–Crippen LogP) is 4.51. The third-order valence-electron chi connectivity index (χ3n) is 5.87. The molecule has 0 bridgehead atoms. The van der Waals surface area contributed by atoms with Crippen molar-refractivity contribution in [2.24, 2.45) is 10.9 Å². The molecule has 0 radical (unpaired) electrons. The van der Waals surface area contributed by atoms with Gasteiger partial charge >= 0.3 is 12.0 Å². The van der Waals surface area contributed by atoms with Gasteiger partial charge in [-0.3, -0.25) is 19.8 Å². The number of imide groups is 1. The summed E-state index contributed by atoms with van der Waals surface area (Å²) in [6, 6.07) is 10.6. The van der Waals surface area contributed by atoms with E-state index in [2.05, 4.69) is 15.0 Å². The molecule has 198 valence electrons. The zero-order chi connectivity index (χ0) is 26.9. The van der Waals surface area contributed by atoms with Crippen LogP contribution >= 0.6 is 11.6 Å². The molecule has 37 heavy (non-hydrogen) atoms. The van der Waals surface area contributed by atoms with Crippen molar-refractivity contribution >= 4 is 41.7 Å². The Morgan fingerprint density at radius 2 is 1.95 bits per heavy atom. The van der Waals surface area contributed by atoms with Crippen LogP contribution in [0.2, 0.25) is 5.02 Å². The zero-order valence-electron chi connectivity index (χ0n) is 20.9. The van der Waals surface area contributed by atoms with Crippen LogP contribution < -0.4 is 10.1 Å². The number of carbonyl (C=O) groups is 3. The van der Waals surface area contributed by atoms with Gasteiger partial charge in [0, 0.05) is 31.2 Å². The van der Waals surface area contributed by atoms with E-state index < -0.39 is 23.7 Å². The maximum Gasteiger partial charge on any atom is 0.330 e. The van der Waals surface area contributed by atoms with Gasteiger partial charge < -0.3 is 14.4 Å². The lowest BCUT2D eigenvalue weighted by molar-refractivity contribution is -0.145. The minimum atomic E-state index is -0.808. The highest BCUT2D eigenvalue weighted by Gasteiger charge is 2.24. The molecule has 2 aromatic rings. The zero-order valence-corrected chi connectivity index (χ0v) is 21.7. The summed E-state index contributed by atoms with van der Waals surface area (Å²) in [5.74, 6) is -1.66. The van der Waals surface area contributed by atoms with Crippen molar-refractivity contribution in [3.8, 4) is 5.75 Å². The van der Waals surface area contributed by atoms with Crippen molar-refractivity contribution in [1.82, 2.24) is 15.1 Å². The average Bonchev–Trinajstić information content (AvgIpc) is 2.85. The number of urea groups is 1. The highest BCUT2D eigenvalue weighted by Crippen LogP contribution is 2.29. The quantitative estimate of drug-likeness (QED) is 0.221. The van der Waals surface area contributed by atoms with Gasteiger partial charge in [0.2, 0.25) is 12.4 Å². The van der Waals surface area contributed by atoms with Crippen molar-refractivity contribution in [3.05, 3.63) is 58.9 Å². The lowest BCUT2D eigenvalue weighted by atomic mass is 9.96. The molecule has 1 saturated carbocycles. The summed E-state index contributed by atoms with van der Waals surface area (Å²) in [5, 5.41) is 3.17. The van der Waals surface area contributed by atoms with Crippen LogP contribution in [0.1, 0.15) is 31.7 Å². The molecule has 11 heteroatoms. The number of esters is 1. The second kappa shape index (κ2) is 13.0. The second-order valence-corrected chi connectivity index (χ2v) is 9.25. The Hall–Kier alpha value is -3.66. The summed E-state index contributed by atoms with van der Waals surface area (Å²) in [4.78, 5) is 43.1. The SMILES string of the molecule is COC(=O)[C@@H](C)CN(C=O)C(=O)NC(=Nc1ccc(OC2CCC2)c(F)c1)N(C)Cc1ccc(Cl)cc1. The number of guanidine groups is 1. The molecule has 3 rings (SSSR count). The van der Waals surface area contributed by atoms with E-state index in [1.54, 1.807) is 30.1 Å². The predicted molar refractivity (Wildman–Crippen MR) is 137 cm³/mol. The van der Waals surface area contributed by atoms with Gasteiger partial charge in [0.15, 0.2) is 11.6 Å². The van der Waals surface area contributed by atoms with Gasteiger partial charge in [0.25, 0.3) is 0 Å². The second-order valence-electron chi connectivity index (χ2n) is 8.82. The molecule has 1 atom stereocenters. The van der Waals surface area contributed by atoms with Crippen LogP contribution in [-0.2, 0) is 20.9 Å². The lowest BCUT2D eigenvalue weighted by Gasteiger charge is -2.26. The number of nitrogens with one attached hydrogen (secondary N) is 1. The van der Waals surface area contributed by atoms with Gasteiger partial charge in [-0.05, 0) is 49.1 Å². The minimum Gasteiger partial charge on any atom is -0.487 e. The smallest absolute Gasteiger partial charge is 0.330 e. The van der Waals surface area contributed by atoms with Crippen LogP contribution in [0, 0.1) is 11.7 Å². The molecule has 0 saturated heterocycles. The first-order chi connectivity index (χ1) is 17.7. The van der Waals surface area contributed by atoms with Crippen LogP contribution in [-0.4, -0.2) is 61.0 Å². The fourth-order valence-electron chi connectivity index (χ4n) is 3.50. The Morgan fingerprint density at radius 1 is 1.24 bits per heavy atom. The fraction of sp³-hybridized carbons (Fsp3) is 0.385. The Balaban J connectivity index is 1.83. The number of ether oxygens (including phenoxy) is 2. The maximum absolute atomic E-state index is 14.7. The molecule has 0 aromatic heterocycles. The van der Waals surface area contributed by atoms with Crippen LogP contribution in [0.25, 0.3) is 0 Å². The number of nitrogens with zero attached hydrogens (tertiary/aromatic N) is 3. The van der Waals surface area contributed by atoms with E-state index in [1.165, 1.54) is 26.2 Å². The molecule has 2 aromatic carbocycles. The molecule has 1 aliphatic rings. The number of amides is 3. The third kappa shape index (κ3) is 7.91. The highest BCUT2D eigenvalue weighted by atomic mass is 35.5. The van der Waals surface area contributed by atoms with Crippen molar-refractivity contribution in [3.63, 3.8) is 0 Å². The summed E-state index contributed by atoms with van der Waals surface area (Å²) in [7, 11) is 2.91. The third-order valence-corrected chi connectivity index (χ3v) is 6.12. The molecule has 3 amide bonds. The largest absolute Gasteiger partial charge is 0.487 e. The topological polar surface area (TPSA) is 101 Å². The van der Waals surface area contributed by atoms with Gasteiger partial charge in [0.05, 0.1) is 24.8 Å². The number of hydrogen-bond acceptors (Lipinski definition) is 6. The molecular weight excluding hydrogens is 503 g/mol. The summed E-state index contributed by atoms with van der Waals surface area (Å²) < 4.78 is 25.0. The Kier molecular flexibility index (Phi) is 9.85.